The van der Waals surface area contributed by atoms with E-state index < -0.39 is 5.54 Å². The molecule has 0 aromatic heterocycles. The number of carbonyl (C=O) groups is 2. The van der Waals surface area contributed by atoms with Gasteiger partial charge in [-0.2, -0.15) is 0 Å². The number of carbonyl (C=O) groups excluding carboxylic acids is 2. The van der Waals surface area contributed by atoms with Crippen molar-refractivity contribution in [3.05, 3.63) is 71.3 Å². The Bertz CT molecular complexity index is 807. The number of rotatable bonds is 7. The number of ketones is 1. The number of Topliss-reactive ketones (excluding diaryl/α,β-unsaturated/α-hetero) is 1. The Morgan fingerprint density at radius 2 is 1.58 bits per heavy atom. The molecule has 3 rings (SSSR count). The number of nitrogens with one attached hydrogen (secondary N) is 1. The molecule has 1 atom stereocenters. The maximum Gasteiger partial charge on any atom is 0.221 e. The SMILES string of the molecule is CC[C@@](C)(NC(=O)CCc1ccccc1)C(C)=O.Cc1ccc(C2CCCCC2)cc1. The Morgan fingerprint density at radius 1 is 0.968 bits per heavy atom. The second kappa shape index (κ2) is 12.4. The predicted octanol–water partition coefficient (Wildman–Crippen LogP) is 6.54. The van der Waals surface area contributed by atoms with Gasteiger partial charge in [-0.3, -0.25) is 9.59 Å². The molecule has 0 radical (unpaired) electrons. The van der Waals surface area contributed by atoms with Crippen molar-refractivity contribution in [1.82, 2.24) is 5.32 Å². The van der Waals surface area contributed by atoms with E-state index in [2.05, 4.69) is 36.5 Å². The summed E-state index contributed by atoms with van der Waals surface area (Å²) in [6.45, 7) is 7.35. The molecule has 0 bridgehead atoms. The summed E-state index contributed by atoms with van der Waals surface area (Å²) < 4.78 is 0. The zero-order valence-corrected chi connectivity index (χ0v) is 19.7. The van der Waals surface area contributed by atoms with E-state index in [0.29, 0.717) is 19.3 Å². The third-order valence-corrected chi connectivity index (χ3v) is 6.54. The Hall–Kier alpha value is -2.42. The largest absolute Gasteiger partial charge is 0.344 e. The van der Waals surface area contributed by atoms with Crippen LogP contribution in [0.15, 0.2) is 54.6 Å². The molecular formula is C28H39NO2. The minimum absolute atomic E-state index is 0.00180. The van der Waals surface area contributed by atoms with E-state index in [1.54, 1.807) is 12.5 Å². The van der Waals surface area contributed by atoms with E-state index in [1.807, 2.05) is 37.3 Å². The first-order valence-electron chi connectivity index (χ1n) is 11.8. The van der Waals surface area contributed by atoms with Crippen LogP contribution in [0.1, 0.15) is 88.3 Å². The maximum absolute atomic E-state index is 11.8. The van der Waals surface area contributed by atoms with Crippen molar-refractivity contribution in [3.63, 3.8) is 0 Å². The van der Waals surface area contributed by atoms with E-state index >= 15 is 0 Å². The molecule has 1 aliphatic carbocycles. The van der Waals surface area contributed by atoms with E-state index in [4.69, 9.17) is 0 Å². The minimum Gasteiger partial charge on any atom is -0.344 e. The highest BCUT2D eigenvalue weighted by Crippen LogP contribution is 2.32. The van der Waals surface area contributed by atoms with Gasteiger partial charge in [0.1, 0.15) is 0 Å². The van der Waals surface area contributed by atoms with Gasteiger partial charge in [-0.05, 0) is 63.5 Å². The maximum atomic E-state index is 11.8. The lowest BCUT2D eigenvalue weighted by Gasteiger charge is -2.26. The van der Waals surface area contributed by atoms with E-state index in [0.717, 1.165) is 11.5 Å². The van der Waals surface area contributed by atoms with E-state index in [-0.39, 0.29) is 11.7 Å². The first-order chi connectivity index (χ1) is 14.8. The summed E-state index contributed by atoms with van der Waals surface area (Å²) in [5.74, 6) is 0.783. The fourth-order valence-electron chi connectivity index (χ4n) is 3.97. The van der Waals surface area contributed by atoms with Crippen molar-refractivity contribution in [2.75, 3.05) is 0 Å². The lowest BCUT2D eigenvalue weighted by molar-refractivity contribution is -0.130. The van der Waals surface area contributed by atoms with Crippen molar-refractivity contribution >= 4 is 11.7 Å². The predicted molar refractivity (Wildman–Crippen MR) is 129 cm³/mol. The molecular weight excluding hydrogens is 382 g/mol. The highest BCUT2D eigenvalue weighted by Gasteiger charge is 2.29. The highest BCUT2D eigenvalue weighted by atomic mass is 16.2. The van der Waals surface area contributed by atoms with Crippen molar-refractivity contribution in [2.45, 2.75) is 90.5 Å². The van der Waals surface area contributed by atoms with Crippen LogP contribution in [0.2, 0.25) is 0 Å². The van der Waals surface area contributed by atoms with Crippen LogP contribution in [0.25, 0.3) is 0 Å². The van der Waals surface area contributed by atoms with Crippen LogP contribution < -0.4 is 5.32 Å². The molecule has 1 fully saturated rings. The van der Waals surface area contributed by atoms with Gasteiger partial charge in [-0.25, -0.2) is 0 Å². The average Bonchev–Trinajstić information content (AvgIpc) is 2.80. The van der Waals surface area contributed by atoms with Gasteiger partial charge in [0.15, 0.2) is 5.78 Å². The smallest absolute Gasteiger partial charge is 0.221 e. The first kappa shape index (κ1) is 24.8. The summed E-state index contributed by atoms with van der Waals surface area (Å²) in [4.78, 5) is 23.3. The Morgan fingerprint density at radius 3 is 2.13 bits per heavy atom. The average molecular weight is 422 g/mol. The van der Waals surface area contributed by atoms with Crippen LogP contribution in [-0.2, 0) is 16.0 Å². The van der Waals surface area contributed by atoms with Gasteiger partial charge in [-0.1, -0.05) is 86.3 Å². The summed E-state index contributed by atoms with van der Waals surface area (Å²) >= 11 is 0. The molecule has 31 heavy (non-hydrogen) atoms. The number of hydrogen-bond donors (Lipinski definition) is 1. The quantitative estimate of drug-likeness (QED) is 0.552. The molecule has 1 saturated carbocycles. The normalized spacial score (nSPS) is 15.9. The van der Waals surface area contributed by atoms with Crippen LogP contribution in [0.5, 0.6) is 0 Å². The summed E-state index contributed by atoms with van der Waals surface area (Å²) in [7, 11) is 0. The third-order valence-electron chi connectivity index (χ3n) is 6.54. The number of benzene rings is 2. The van der Waals surface area contributed by atoms with E-state index in [9.17, 15) is 9.59 Å². The van der Waals surface area contributed by atoms with Gasteiger partial charge in [-0.15, -0.1) is 0 Å². The fraction of sp³-hybridized carbons (Fsp3) is 0.500. The van der Waals surface area contributed by atoms with Crippen molar-refractivity contribution in [1.29, 1.82) is 0 Å². The van der Waals surface area contributed by atoms with Crippen LogP contribution >= 0.6 is 0 Å². The Kier molecular flexibility index (Phi) is 9.97. The van der Waals surface area contributed by atoms with Gasteiger partial charge in [0.2, 0.25) is 5.91 Å². The lowest BCUT2D eigenvalue weighted by Crippen LogP contribution is -2.50. The Labute approximate surface area is 188 Å². The van der Waals surface area contributed by atoms with Gasteiger partial charge < -0.3 is 5.32 Å². The van der Waals surface area contributed by atoms with Gasteiger partial charge >= 0.3 is 0 Å². The molecule has 3 nitrogen and oxygen atoms in total. The highest BCUT2D eigenvalue weighted by molar-refractivity contribution is 5.90. The third kappa shape index (κ3) is 8.32. The van der Waals surface area contributed by atoms with Crippen LogP contribution in [0, 0.1) is 6.92 Å². The molecule has 1 amide bonds. The monoisotopic (exact) mass is 421 g/mol. The molecule has 0 aliphatic heterocycles. The summed E-state index contributed by atoms with van der Waals surface area (Å²) in [5, 5.41) is 2.82. The molecule has 2 aromatic rings. The molecule has 0 saturated heterocycles. The van der Waals surface area contributed by atoms with Gasteiger partial charge in [0.25, 0.3) is 0 Å². The topological polar surface area (TPSA) is 46.2 Å². The summed E-state index contributed by atoms with van der Waals surface area (Å²) in [6, 6.07) is 19.0. The number of hydrogen-bond acceptors (Lipinski definition) is 2. The van der Waals surface area contributed by atoms with Crippen molar-refractivity contribution in [3.8, 4) is 0 Å². The zero-order chi connectivity index (χ0) is 22.7. The first-order valence-corrected chi connectivity index (χ1v) is 11.8. The summed E-state index contributed by atoms with van der Waals surface area (Å²) in [5.41, 5.74) is 3.34. The second-order valence-electron chi connectivity index (χ2n) is 9.02. The molecule has 1 aliphatic rings. The number of aryl methyl sites for hydroxylation is 2. The van der Waals surface area contributed by atoms with Crippen molar-refractivity contribution < 1.29 is 9.59 Å². The van der Waals surface area contributed by atoms with Crippen LogP contribution in [-0.4, -0.2) is 17.2 Å². The van der Waals surface area contributed by atoms with E-state index in [1.165, 1.54) is 44.6 Å². The van der Waals surface area contributed by atoms with Crippen LogP contribution in [0.3, 0.4) is 0 Å². The molecule has 2 aromatic carbocycles. The molecule has 1 N–H and O–H groups in total. The molecule has 0 spiro atoms. The minimum atomic E-state index is -0.728. The fourth-order valence-corrected chi connectivity index (χ4v) is 3.97. The summed E-state index contributed by atoms with van der Waals surface area (Å²) in [6.07, 6.45) is 8.84. The standard InChI is InChI=1S/C15H21NO2.C13H18/c1-4-15(3,12(2)17)16-14(18)11-10-13-8-6-5-7-9-13;1-11-7-9-13(10-8-11)12-5-3-2-4-6-12/h5-9H,4,10-11H2,1-3H3,(H,16,18);7-10,12H,2-6H2,1H3/t15-;/m1./s1. The van der Waals surface area contributed by atoms with Crippen molar-refractivity contribution in [2.24, 2.45) is 0 Å². The lowest BCUT2D eigenvalue weighted by atomic mass is 9.84. The molecule has 3 heteroatoms. The van der Waals surface area contributed by atoms with Gasteiger partial charge in [0.05, 0.1) is 5.54 Å². The second-order valence-corrected chi connectivity index (χ2v) is 9.02. The molecule has 0 unspecified atom stereocenters. The Balaban J connectivity index is 0.000000231. The van der Waals surface area contributed by atoms with Crippen LogP contribution in [0.4, 0.5) is 0 Å². The molecule has 0 heterocycles. The molecule has 168 valence electrons. The number of amides is 1. The van der Waals surface area contributed by atoms with Gasteiger partial charge in [0, 0.05) is 6.42 Å². The zero-order valence-electron chi connectivity index (χ0n) is 19.7.